The molecule has 43 heavy (non-hydrogen) atoms. The van der Waals surface area contributed by atoms with Crippen LogP contribution in [0, 0.1) is 12.8 Å². The average molecular weight is 627 g/mol. The molecule has 2 fully saturated rings. The largest absolute Gasteiger partial charge is 0.490 e. The summed E-state index contributed by atoms with van der Waals surface area (Å²) in [5, 5.41) is 18.3. The van der Waals surface area contributed by atoms with Crippen LogP contribution in [0.2, 0.25) is 0 Å². The zero-order valence-corrected chi connectivity index (χ0v) is 23.5. The molecule has 17 heteroatoms. The van der Waals surface area contributed by atoms with Gasteiger partial charge in [-0.2, -0.15) is 26.3 Å². The molecule has 1 unspecified atom stereocenters. The standard InChI is InChI=1S/C22H30N4O3.2C2HF3O2/c1-4-7-18-20(16(2)24-29-18)21(27)26-14-22(15-26)12-17(9-11-25(22)3)13-28-19-8-5-6-10-23-19;2*3-2(4,5)1(6)7/h5-6,8,10,17H,4,7,9,11-15H2,1-3H3;2*(H,6,7). The Bertz CT molecular complexity index is 1210. The first-order valence-electron chi connectivity index (χ1n) is 13.0. The van der Waals surface area contributed by atoms with E-state index in [1.807, 2.05) is 30.0 Å². The number of carbonyl (C=O) groups excluding carboxylic acids is 1. The van der Waals surface area contributed by atoms with Crippen molar-refractivity contribution in [2.45, 2.75) is 57.4 Å². The number of ether oxygens (including phenoxy) is 1. The van der Waals surface area contributed by atoms with Crippen molar-refractivity contribution in [2.24, 2.45) is 5.92 Å². The minimum absolute atomic E-state index is 0.0437. The van der Waals surface area contributed by atoms with Crippen LogP contribution in [-0.2, 0) is 16.0 Å². The summed E-state index contributed by atoms with van der Waals surface area (Å²) in [7, 11) is 2.17. The highest BCUT2D eigenvalue weighted by molar-refractivity contribution is 5.97. The van der Waals surface area contributed by atoms with Gasteiger partial charge in [0.2, 0.25) is 5.88 Å². The van der Waals surface area contributed by atoms with Crippen molar-refractivity contribution in [3.8, 4) is 5.88 Å². The van der Waals surface area contributed by atoms with Gasteiger partial charge in [0.1, 0.15) is 11.3 Å². The quantitative estimate of drug-likeness (QED) is 0.447. The summed E-state index contributed by atoms with van der Waals surface area (Å²) in [6.07, 6.45) is -4.61. The number of pyridine rings is 1. The molecule has 2 saturated heterocycles. The van der Waals surface area contributed by atoms with Gasteiger partial charge in [-0.25, -0.2) is 14.6 Å². The lowest BCUT2D eigenvalue weighted by Gasteiger charge is -2.58. The second-order valence-corrected chi connectivity index (χ2v) is 10.1. The number of aromatic nitrogens is 2. The predicted molar refractivity (Wildman–Crippen MR) is 136 cm³/mol. The topological polar surface area (TPSA) is 146 Å². The molecular formula is C26H32F6N4O7. The third-order valence-electron chi connectivity index (χ3n) is 6.82. The number of likely N-dealkylation sites (N-methyl/N-ethyl adjacent to an activating group) is 1. The monoisotopic (exact) mass is 626 g/mol. The van der Waals surface area contributed by atoms with Crippen molar-refractivity contribution in [1.29, 1.82) is 0 Å². The number of likely N-dealkylation sites (tertiary alicyclic amines) is 2. The van der Waals surface area contributed by atoms with E-state index in [9.17, 15) is 31.1 Å². The van der Waals surface area contributed by atoms with Crippen molar-refractivity contribution >= 4 is 17.8 Å². The van der Waals surface area contributed by atoms with E-state index in [0.29, 0.717) is 29.7 Å². The summed E-state index contributed by atoms with van der Waals surface area (Å²) < 4.78 is 74.8. The SMILES string of the molecule is CCCc1onc(C)c1C(=O)N1CC2(CC(COc3ccccn3)CCN2C)C1.O=C(O)C(F)(F)F.O=C(O)C(F)(F)F. The van der Waals surface area contributed by atoms with Crippen LogP contribution in [-0.4, -0.2) is 99.2 Å². The summed E-state index contributed by atoms with van der Waals surface area (Å²) >= 11 is 0. The molecule has 11 nitrogen and oxygen atoms in total. The van der Waals surface area contributed by atoms with E-state index in [-0.39, 0.29) is 11.4 Å². The fourth-order valence-electron chi connectivity index (χ4n) is 4.61. The van der Waals surface area contributed by atoms with Gasteiger partial charge in [0.25, 0.3) is 5.91 Å². The molecular weight excluding hydrogens is 594 g/mol. The number of hydrogen-bond acceptors (Lipinski definition) is 8. The van der Waals surface area contributed by atoms with E-state index in [4.69, 9.17) is 29.1 Å². The Morgan fingerprint density at radius 2 is 1.67 bits per heavy atom. The van der Waals surface area contributed by atoms with Crippen LogP contribution in [0.3, 0.4) is 0 Å². The zero-order valence-electron chi connectivity index (χ0n) is 23.5. The summed E-state index contributed by atoms with van der Waals surface area (Å²) in [5.74, 6) is -3.59. The molecule has 0 saturated carbocycles. The molecule has 1 spiro atoms. The van der Waals surface area contributed by atoms with E-state index in [1.165, 1.54) is 0 Å². The number of carboxylic acid groups (broad SMARTS) is 2. The second kappa shape index (κ2) is 14.5. The molecule has 0 radical (unpaired) electrons. The second-order valence-electron chi connectivity index (χ2n) is 10.1. The number of hydrogen-bond donors (Lipinski definition) is 2. The molecule has 0 bridgehead atoms. The first-order valence-corrected chi connectivity index (χ1v) is 13.0. The minimum atomic E-state index is -5.08. The molecule has 2 aromatic rings. The van der Waals surface area contributed by atoms with Crippen LogP contribution in [0.4, 0.5) is 26.3 Å². The van der Waals surface area contributed by atoms with Crippen LogP contribution in [0.1, 0.15) is 48.0 Å². The first kappa shape index (κ1) is 35.3. The third-order valence-corrected chi connectivity index (χ3v) is 6.82. The van der Waals surface area contributed by atoms with Crippen LogP contribution < -0.4 is 4.74 Å². The molecule has 4 rings (SSSR count). The van der Waals surface area contributed by atoms with Crippen LogP contribution >= 0.6 is 0 Å². The average Bonchev–Trinajstić information content (AvgIpc) is 3.26. The Morgan fingerprint density at radius 1 is 1.09 bits per heavy atom. The van der Waals surface area contributed by atoms with Gasteiger partial charge in [0, 0.05) is 31.8 Å². The number of aliphatic carboxylic acids is 2. The minimum Gasteiger partial charge on any atom is -0.477 e. The highest BCUT2D eigenvalue weighted by Gasteiger charge is 2.51. The number of carboxylic acids is 2. The smallest absolute Gasteiger partial charge is 0.477 e. The van der Waals surface area contributed by atoms with Crippen molar-refractivity contribution < 1.29 is 60.2 Å². The Hall–Kier alpha value is -3.89. The molecule has 2 aliphatic rings. The lowest BCUT2D eigenvalue weighted by molar-refractivity contribution is -0.193. The molecule has 0 aromatic carbocycles. The fraction of sp³-hybridized carbons (Fsp3) is 0.577. The molecule has 2 N–H and O–H groups in total. The molecule has 2 aliphatic heterocycles. The van der Waals surface area contributed by atoms with Crippen LogP contribution in [0.5, 0.6) is 5.88 Å². The molecule has 0 aliphatic carbocycles. The fourth-order valence-corrected chi connectivity index (χ4v) is 4.61. The van der Waals surface area contributed by atoms with Gasteiger partial charge < -0.3 is 24.4 Å². The third kappa shape index (κ3) is 9.83. The van der Waals surface area contributed by atoms with Crippen molar-refractivity contribution in [3.63, 3.8) is 0 Å². The van der Waals surface area contributed by atoms with Crippen LogP contribution in [0.15, 0.2) is 28.9 Å². The van der Waals surface area contributed by atoms with E-state index in [2.05, 4.69) is 29.0 Å². The lowest BCUT2D eigenvalue weighted by atomic mass is 9.75. The number of alkyl halides is 6. The lowest BCUT2D eigenvalue weighted by Crippen LogP contribution is -2.72. The summed E-state index contributed by atoms with van der Waals surface area (Å²) in [6.45, 7) is 7.12. The van der Waals surface area contributed by atoms with E-state index in [1.54, 1.807) is 6.20 Å². The van der Waals surface area contributed by atoms with E-state index in [0.717, 1.165) is 51.1 Å². The highest BCUT2D eigenvalue weighted by atomic mass is 19.4. The van der Waals surface area contributed by atoms with Gasteiger partial charge >= 0.3 is 24.3 Å². The maximum absolute atomic E-state index is 13.1. The Balaban J connectivity index is 0.000000384. The Morgan fingerprint density at radius 3 is 2.16 bits per heavy atom. The van der Waals surface area contributed by atoms with Crippen LogP contribution in [0.25, 0.3) is 0 Å². The van der Waals surface area contributed by atoms with Gasteiger partial charge in [0.15, 0.2) is 0 Å². The number of rotatable bonds is 6. The van der Waals surface area contributed by atoms with Crippen molar-refractivity contribution in [2.75, 3.05) is 33.3 Å². The van der Waals surface area contributed by atoms with Crippen molar-refractivity contribution in [1.82, 2.24) is 19.9 Å². The molecule has 240 valence electrons. The zero-order chi connectivity index (χ0) is 32.6. The number of halogens is 6. The highest BCUT2D eigenvalue weighted by Crippen LogP contribution is 2.39. The van der Waals surface area contributed by atoms with E-state index < -0.39 is 24.3 Å². The van der Waals surface area contributed by atoms with Gasteiger partial charge in [0.05, 0.1) is 17.8 Å². The number of nitrogens with zero attached hydrogens (tertiary/aromatic N) is 4. The number of aryl methyl sites for hydroxylation is 2. The Kier molecular flexibility index (Phi) is 11.9. The van der Waals surface area contributed by atoms with Gasteiger partial charge in [-0.1, -0.05) is 18.1 Å². The number of amides is 1. The molecule has 4 heterocycles. The maximum atomic E-state index is 13.1. The number of piperidine rings is 1. The summed E-state index contributed by atoms with van der Waals surface area (Å²) in [4.78, 5) is 39.5. The molecule has 1 atom stereocenters. The van der Waals surface area contributed by atoms with E-state index >= 15 is 0 Å². The normalized spacial score (nSPS) is 18.0. The summed E-state index contributed by atoms with van der Waals surface area (Å²) in [5.41, 5.74) is 1.40. The van der Waals surface area contributed by atoms with Crippen molar-refractivity contribution in [3.05, 3.63) is 41.4 Å². The first-order chi connectivity index (χ1) is 19.9. The van der Waals surface area contributed by atoms with Gasteiger partial charge in [-0.15, -0.1) is 0 Å². The predicted octanol–water partition coefficient (Wildman–Crippen LogP) is 4.21. The van der Waals surface area contributed by atoms with Gasteiger partial charge in [-0.3, -0.25) is 9.69 Å². The molecule has 2 aromatic heterocycles. The number of carbonyl (C=O) groups is 3. The Labute approximate surface area is 242 Å². The molecule has 1 amide bonds. The summed E-state index contributed by atoms with van der Waals surface area (Å²) in [6, 6.07) is 5.72. The van der Waals surface area contributed by atoms with Gasteiger partial charge in [-0.05, 0) is 51.8 Å². The maximum Gasteiger partial charge on any atom is 0.490 e.